The molecule has 1 aliphatic rings. The standard InChI is InChI=1S/C23H42/c1-4-6-7-8-9-13-17-22-19-15-20-23(22)18-14-11-10-12-16-21(3)5-2/h11,13-14,17,21-23H,4-10,12,15-16,18-20H2,1-3H3/t21?,22-,23-/m0/s1. The van der Waals surface area contributed by atoms with Crippen LogP contribution in [0.3, 0.4) is 0 Å². The first-order valence-electron chi connectivity index (χ1n) is 10.6. The lowest BCUT2D eigenvalue weighted by molar-refractivity contribution is 0.462. The summed E-state index contributed by atoms with van der Waals surface area (Å²) in [7, 11) is 0. The predicted molar refractivity (Wildman–Crippen MR) is 106 cm³/mol. The highest BCUT2D eigenvalue weighted by Gasteiger charge is 2.23. The predicted octanol–water partition coefficient (Wildman–Crippen LogP) is 8.09. The molecule has 134 valence electrons. The molecule has 1 aliphatic carbocycles. The van der Waals surface area contributed by atoms with Crippen molar-refractivity contribution < 1.29 is 0 Å². The van der Waals surface area contributed by atoms with E-state index in [1.807, 2.05) is 0 Å². The number of rotatable bonds is 13. The molecule has 1 saturated carbocycles. The van der Waals surface area contributed by atoms with Gasteiger partial charge in [-0.25, -0.2) is 0 Å². The highest BCUT2D eigenvalue weighted by molar-refractivity contribution is 4.97. The summed E-state index contributed by atoms with van der Waals surface area (Å²) in [4.78, 5) is 0. The molecule has 0 saturated heterocycles. The Morgan fingerprint density at radius 1 is 0.913 bits per heavy atom. The van der Waals surface area contributed by atoms with Gasteiger partial charge in [0.15, 0.2) is 0 Å². The molecule has 23 heavy (non-hydrogen) atoms. The third-order valence-corrected chi connectivity index (χ3v) is 5.70. The first-order chi connectivity index (χ1) is 11.3. The summed E-state index contributed by atoms with van der Waals surface area (Å²) in [5.74, 6) is 2.70. The molecule has 0 N–H and O–H groups in total. The van der Waals surface area contributed by atoms with Crippen molar-refractivity contribution in [1.82, 2.24) is 0 Å². The Morgan fingerprint density at radius 2 is 1.74 bits per heavy atom. The van der Waals surface area contributed by atoms with Crippen LogP contribution in [0.2, 0.25) is 0 Å². The molecule has 1 fully saturated rings. The summed E-state index contributed by atoms with van der Waals surface area (Å²) < 4.78 is 0. The van der Waals surface area contributed by atoms with Gasteiger partial charge >= 0.3 is 0 Å². The van der Waals surface area contributed by atoms with E-state index in [1.54, 1.807) is 0 Å². The zero-order valence-corrected chi connectivity index (χ0v) is 16.2. The summed E-state index contributed by atoms with van der Waals surface area (Å²) >= 11 is 0. The van der Waals surface area contributed by atoms with Crippen LogP contribution in [0.15, 0.2) is 24.3 Å². The minimum Gasteiger partial charge on any atom is -0.0885 e. The topological polar surface area (TPSA) is 0 Å². The van der Waals surface area contributed by atoms with Crippen LogP contribution in [0.5, 0.6) is 0 Å². The second-order valence-corrected chi connectivity index (χ2v) is 7.78. The molecule has 0 bridgehead atoms. The van der Waals surface area contributed by atoms with Gasteiger partial charge in [-0.2, -0.15) is 0 Å². The van der Waals surface area contributed by atoms with Gasteiger partial charge < -0.3 is 0 Å². The van der Waals surface area contributed by atoms with Gasteiger partial charge in [0.25, 0.3) is 0 Å². The van der Waals surface area contributed by atoms with E-state index >= 15 is 0 Å². The molecule has 0 aliphatic heterocycles. The van der Waals surface area contributed by atoms with E-state index < -0.39 is 0 Å². The maximum absolute atomic E-state index is 2.56. The van der Waals surface area contributed by atoms with Crippen LogP contribution in [0, 0.1) is 17.8 Å². The zero-order valence-electron chi connectivity index (χ0n) is 16.2. The number of allylic oxidation sites excluding steroid dienone is 4. The van der Waals surface area contributed by atoms with Crippen molar-refractivity contribution in [2.45, 2.75) is 104 Å². The third-order valence-electron chi connectivity index (χ3n) is 5.70. The van der Waals surface area contributed by atoms with Gasteiger partial charge in [-0.15, -0.1) is 0 Å². The Bertz CT molecular complexity index is 312. The molecular formula is C23H42. The van der Waals surface area contributed by atoms with E-state index in [-0.39, 0.29) is 0 Å². The van der Waals surface area contributed by atoms with E-state index in [1.165, 1.54) is 83.5 Å². The van der Waals surface area contributed by atoms with Crippen molar-refractivity contribution in [2.75, 3.05) is 0 Å². The van der Waals surface area contributed by atoms with Gasteiger partial charge in [-0.05, 0) is 62.7 Å². The van der Waals surface area contributed by atoms with Gasteiger partial charge in [0.2, 0.25) is 0 Å². The summed E-state index contributed by atoms with van der Waals surface area (Å²) in [5, 5.41) is 0. The molecule has 3 atom stereocenters. The van der Waals surface area contributed by atoms with Crippen LogP contribution in [-0.2, 0) is 0 Å². The molecule has 0 heterocycles. The Hall–Kier alpha value is -0.520. The average molecular weight is 319 g/mol. The highest BCUT2D eigenvalue weighted by Crippen LogP contribution is 2.35. The van der Waals surface area contributed by atoms with E-state index in [2.05, 4.69) is 45.1 Å². The van der Waals surface area contributed by atoms with Crippen LogP contribution in [-0.4, -0.2) is 0 Å². The fourth-order valence-corrected chi connectivity index (χ4v) is 3.75. The van der Waals surface area contributed by atoms with Gasteiger partial charge in [0.1, 0.15) is 0 Å². The molecule has 0 amide bonds. The molecule has 0 aromatic heterocycles. The monoisotopic (exact) mass is 318 g/mol. The molecule has 0 aromatic rings. The fourth-order valence-electron chi connectivity index (χ4n) is 3.75. The summed E-state index contributed by atoms with van der Waals surface area (Å²) in [6.45, 7) is 6.97. The van der Waals surface area contributed by atoms with Crippen molar-refractivity contribution in [2.24, 2.45) is 17.8 Å². The first-order valence-corrected chi connectivity index (χ1v) is 10.6. The van der Waals surface area contributed by atoms with Crippen LogP contribution in [0.25, 0.3) is 0 Å². The van der Waals surface area contributed by atoms with Crippen molar-refractivity contribution >= 4 is 0 Å². The van der Waals surface area contributed by atoms with Crippen LogP contribution < -0.4 is 0 Å². The lowest BCUT2D eigenvalue weighted by Gasteiger charge is -2.14. The Balaban J connectivity index is 2.13. The molecule has 0 aromatic carbocycles. The lowest BCUT2D eigenvalue weighted by atomic mass is 9.92. The van der Waals surface area contributed by atoms with Gasteiger partial charge in [0, 0.05) is 0 Å². The third kappa shape index (κ3) is 10.0. The molecular weight excluding hydrogens is 276 g/mol. The fraction of sp³-hybridized carbons (Fsp3) is 0.826. The van der Waals surface area contributed by atoms with Gasteiger partial charge in [-0.1, -0.05) is 83.6 Å². The number of hydrogen-bond donors (Lipinski definition) is 0. The maximum Gasteiger partial charge on any atom is -0.0202 e. The highest BCUT2D eigenvalue weighted by atomic mass is 14.3. The van der Waals surface area contributed by atoms with E-state index in [4.69, 9.17) is 0 Å². The summed E-state index contributed by atoms with van der Waals surface area (Å²) in [5.41, 5.74) is 0. The first kappa shape index (κ1) is 20.5. The van der Waals surface area contributed by atoms with E-state index in [0.717, 1.165) is 17.8 Å². The number of unbranched alkanes of at least 4 members (excludes halogenated alkanes) is 5. The Labute approximate surface area is 146 Å². The summed E-state index contributed by atoms with van der Waals surface area (Å²) in [6, 6.07) is 0. The van der Waals surface area contributed by atoms with E-state index in [0.29, 0.717) is 0 Å². The molecule has 1 rings (SSSR count). The number of hydrogen-bond acceptors (Lipinski definition) is 0. The minimum absolute atomic E-state index is 0.867. The molecule has 0 radical (unpaired) electrons. The normalized spacial score (nSPS) is 23.3. The molecule has 0 nitrogen and oxygen atoms in total. The van der Waals surface area contributed by atoms with Crippen LogP contribution >= 0.6 is 0 Å². The largest absolute Gasteiger partial charge is 0.0885 e. The van der Waals surface area contributed by atoms with Crippen molar-refractivity contribution in [3.63, 3.8) is 0 Å². The van der Waals surface area contributed by atoms with Crippen LogP contribution in [0.1, 0.15) is 104 Å². The van der Waals surface area contributed by atoms with Gasteiger partial charge in [-0.3, -0.25) is 0 Å². The van der Waals surface area contributed by atoms with Crippen molar-refractivity contribution in [3.05, 3.63) is 24.3 Å². The van der Waals surface area contributed by atoms with Crippen LogP contribution in [0.4, 0.5) is 0 Å². The molecule has 0 heteroatoms. The van der Waals surface area contributed by atoms with Crippen molar-refractivity contribution in [1.29, 1.82) is 0 Å². The average Bonchev–Trinajstić information content (AvgIpc) is 3.01. The lowest BCUT2D eigenvalue weighted by Crippen LogP contribution is -2.03. The van der Waals surface area contributed by atoms with E-state index in [9.17, 15) is 0 Å². The maximum atomic E-state index is 2.56. The quantitative estimate of drug-likeness (QED) is 0.238. The molecule has 1 unspecified atom stereocenters. The zero-order chi connectivity index (χ0) is 16.8. The second kappa shape index (κ2) is 13.9. The summed E-state index contributed by atoms with van der Waals surface area (Å²) in [6.07, 6.45) is 27.8. The molecule has 0 spiro atoms. The Morgan fingerprint density at radius 3 is 2.52 bits per heavy atom. The van der Waals surface area contributed by atoms with Crippen molar-refractivity contribution in [3.8, 4) is 0 Å². The Kier molecular flexibility index (Phi) is 12.4. The smallest absolute Gasteiger partial charge is 0.0202 e. The second-order valence-electron chi connectivity index (χ2n) is 7.78. The van der Waals surface area contributed by atoms with Gasteiger partial charge in [0.05, 0.1) is 0 Å². The SMILES string of the molecule is CCCCCCC=C[C@H]1CCC[C@@H]1CC=CCCCC(C)CC. The minimum atomic E-state index is 0.867.